The Morgan fingerprint density at radius 2 is 1.26 bits per heavy atom. The molecule has 0 atom stereocenters. The van der Waals surface area contributed by atoms with E-state index in [1.54, 1.807) is 30.3 Å². The van der Waals surface area contributed by atoms with Crippen LogP contribution in [0.3, 0.4) is 0 Å². The number of anilines is 1. The first-order chi connectivity index (χ1) is 14.6. The van der Waals surface area contributed by atoms with E-state index < -0.39 is 20.2 Å². The van der Waals surface area contributed by atoms with Gasteiger partial charge in [0.1, 0.15) is 4.90 Å². The molecule has 0 spiro atoms. The van der Waals surface area contributed by atoms with Crippen molar-refractivity contribution in [1.82, 2.24) is 0 Å². The minimum atomic E-state index is -4.43. The molecule has 0 fully saturated rings. The van der Waals surface area contributed by atoms with Crippen LogP contribution in [0.25, 0.3) is 21.5 Å². The first kappa shape index (κ1) is 20.9. The molecule has 9 nitrogen and oxygen atoms in total. The van der Waals surface area contributed by atoms with E-state index in [2.05, 4.69) is 10.2 Å². The lowest BCUT2D eigenvalue weighted by Crippen LogP contribution is -1.98. The predicted molar refractivity (Wildman–Crippen MR) is 116 cm³/mol. The molecule has 0 amide bonds. The Balaban J connectivity index is 1.90. The van der Waals surface area contributed by atoms with Crippen LogP contribution >= 0.6 is 0 Å². The summed E-state index contributed by atoms with van der Waals surface area (Å²) in [6, 6.07) is 16.2. The molecule has 4 aromatic carbocycles. The molecule has 31 heavy (non-hydrogen) atoms. The fourth-order valence-electron chi connectivity index (χ4n) is 3.26. The number of azo groups is 1. The molecule has 0 bridgehead atoms. The van der Waals surface area contributed by atoms with E-state index in [1.165, 1.54) is 36.4 Å². The van der Waals surface area contributed by atoms with Gasteiger partial charge in [0, 0.05) is 27.2 Å². The monoisotopic (exact) mass is 457 g/mol. The molecule has 0 aliphatic heterocycles. The maximum atomic E-state index is 11.6. The number of hydrogen-bond donors (Lipinski definition) is 3. The van der Waals surface area contributed by atoms with E-state index in [4.69, 9.17) is 5.73 Å². The van der Waals surface area contributed by atoms with Crippen LogP contribution in [0.1, 0.15) is 0 Å². The zero-order valence-electron chi connectivity index (χ0n) is 15.7. The molecule has 158 valence electrons. The standard InChI is InChI=1S/C20H15N3O6S2/c21-17-7-8-19(16-11-12(30(24,25)26)5-6-13(16)17)23-22-18-9-10-20(31(27,28)29)15-4-2-1-3-14(15)18/h1-11H,21H2,(H,24,25,26)(H,27,28,29). The highest BCUT2D eigenvalue weighted by Crippen LogP contribution is 2.35. The largest absolute Gasteiger partial charge is 0.398 e. The Morgan fingerprint density at radius 3 is 1.90 bits per heavy atom. The second-order valence-electron chi connectivity index (χ2n) is 6.66. The molecule has 11 heteroatoms. The van der Waals surface area contributed by atoms with Crippen LogP contribution in [0.4, 0.5) is 17.1 Å². The smallest absolute Gasteiger partial charge is 0.295 e. The summed E-state index contributed by atoms with van der Waals surface area (Å²) < 4.78 is 65.1. The summed E-state index contributed by atoms with van der Waals surface area (Å²) in [6.45, 7) is 0. The van der Waals surface area contributed by atoms with Crippen molar-refractivity contribution in [1.29, 1.82) is 0 Å². The van der Waals surface area contributed by atoms with Crippen LogP contribution < -0.4 is 5.73 Å². The van der Waals surface area contributed by atoms with Gasteiger partial charge in [-0.25, -0.2) is 0 Å². The first-order valence-electron chi connectivity index (χ1n) is 8.76. The zero-order valence-corrected chi connectivity index (χ0v) is 17.3. The summed E-state index contributed by atoms with van der Waals surface area (Å²) in [6.07, 6.45) is 0. The zero-order chi connectivity index (χ0) is 22.4. The minimum Gasteiger partial charge on any atom is -0.398 e. The molecular formula is C20H15N3O6S2. The maximum absolute atomic E-state index is 11.6. The van der Waals surface area contributed by atoms with Crippen LogP contribution in [0.2, 0.25) is 0 Å². The van der Waals surface area contributed by atoms with Gasteiger partial charge < -0.3 is 5.73 Å². The van der Waals surface area contributed by atoms with Crippen LogP contribution in [0.15, 0.2) is 86.7 Å². The second-order valence-corrected chi connectivity index (χ2v) is 9.47. The van der Waals surface area contributed by atoms with Gasteiger partial charge in [0.05, 0.1) is 16.3 Å². The molecule has 0 heterocycles. The van der Waals surface area contributed by atoms with Gasteiger partial charge in [-0.15, -0.1) is 10.2 Å². The van der Waals surface area contributed by atoms with Crippen LogP contribution in [0, 0.1) is 0 Å². The minimum absolute atomic E-state index is 0.252. The van der Waals surface area contributed by atoms with Crippen molar-refractivity contribution in [2.24, 2.45) is 10.2 Å². The normalized spacial score (nSPS) is 12.7. The molecule has 4 aromatic rings. The summed E-state index contributed by atoms with van der Waals surface area (Å²) in [5.74, 6) is 0. The van der Waals surface area contributed by atoms with Crippen LogP contribution in [-0.2, 0) is 20.2 Å². The average Bonchev–Trinajstić information content (AvgIpc) is 2.71. The molecule has 0 unspecified atom stereocenters. The third kappa shape index (κ3) is 3.99. The second kappa shape index (κ2) is 7.39. The number of nitrogens with zero attached hydrogens (tertiary/aromatic N) is 2. The van der Waals surface area contributed by atoms with Gasteiger partial charge in [-0.1, -0.05) is 30.3 Å². The number of benzene rings is 4. The molecule has 0 radical (unpaired) electrons. The molecule has 4 N–H and O–H groups in total. The Bertz CT molecular complexity index is 1600. The van der Waals surface area contributed by atoms with E-state index in [0.29, 0.717) is 27.5 Å². The van der Waals surface area contributed by atoms with E-state index in [1.807, 2.05) is 0 Å². The van der Waals surface area contributed by atoms with Gasteiger partial charge in [0.25, 0.3) is 20.2 Å². The molecule has 0 aromatic heterocycles. The number of fused-ring (bicyclic) bond motifs is 2. The SMILES string of the molecule is Nc1ccc(N=Nc2ccc(S(=O)(=O)O)c3ccccc23)c2cc(S(=O)(=O)O)ccc12. The summed E-state index contributed by atoms with van der Waals surface area (Å²) >= 11 is 0. The van der Waals surface area contributed by atoms with Crippen molar-refractivity contribution in [3.05, 3.63) is 66.7 Å². The van der Waals surface area contributed by atoms with E-state index in [0.717, 1.165) is 0 Å². The van der Waals surface area contributed by atoms with Gasteiger partial charge in [0.15, 0.2) is 0 Å². The van der Waals surface area contributed by atoms with Gasteiger partial charge in [-0.05, 0) is 36.4 Å². The molecule has 4 rings (SSSR count). The van der Waals surface area contributed by atoms with Gasteiger partial charge >= 0.3 is 0 Å². The molecule has 0 saturated carbocycles. The van der Waals surface area contributed by atoms with Gasteiger partial charge in [0.2, 0.25) is 0 Å². The number of nitrogens with two attached hydrogens (primary N) is 1. The van der Waals surface area contributed by atoms with E-state index >= 15 is 0 Å². The van der Waals surface area contributed by atoms with Gasteiger partial charge in [-0.3, -0.25) is 9.11 Å². The Hall–Kier alpha value is -3.38. The molecule has 0 aliphatic rings. The highest BCUT2D eigenvalue weighted by Gasteiger charge is 2.16. The maximum Gasteiger partial charge on any atom is 0.295 e. The lowest BCUT2D eigenvalue weighted by atomic mass is 10.1. The molecular weight excluding hydrogens is 442 g/mol. The predicted octanol–water partition coefficient (Wildman–Crippen LogP) is 4.48. The summed E-state index contributed by atoms with van der Waals surface area (Å²) in [7, 11) is -8.86. The lowest BCUT2D eigenvalue weighted by molar-refractivity contribution is 0.481. The summed E-state index contributed by atoms with van der Waals surface area (Å²) in [4.78, 5) is -0.567. The van der Waals surface area contributed by atoms with Crippen molar-refractivity contribution in [2.45, 2.75) is 9.79 Å². The fourth-order valence-corrected chi connectivity index (χ4v) is 4.46. The van der Waals surface area contributed by atoms with Crippen molar-refractivity contribution < 1.29 is 25.9 Å². The number of rotatable bonds is 4. The highest BCUT2D eigenvalue weighted by atomic mass is 32.2. The molecule has 0 saturated heterocycles. The first-order valence-corrected chi connectivity index (χ1v) is 11.6. The topological polar surface area (TPSA) is 159 Å². The third-order valence-electron chi connectivity index (χ3n) is 4.70. The Kier molecular flexibility index (Phi) is 4.98. The fraction of sp³-hybridized carbons (Fsp3) is 0. The van der Waals surface area contributed by atoms with Crippen LogP contribution in [-0.4, -0.2) is 25.9 Å². The van der Waals surface area contributed by atoms with E-state index in [9.17, 15) is 25.9 Å². The lowest BCUT2D eigenvalue weighted by Gasteiger charge is -2.08. The average molecular weight is 457 g/mol. The molecule has 0 aliphatic carbocycles. The van der Waals surface area contributed by atoms with E-state index in [-0.39, 0.29) is 20.9 Å². The summed E-state index contributed by atoms with van der Waals surface area (Å²) in [5.41, 5.74) is 6.97. The Labute approximate surface area is 177 Å². The van der Waals surface area contributed by atoms with Gasteiger partial charge in [-0.2, -0.15) is 16.8 Å². The van der Waals surface area contributed by atoms with Crippen molar-refractivity contribution in [3.63, 3.8) is 0 Å². The van der Waals surface area contributed by atoms with Crippen molar-refractivity contribution in [2.75, 3.05) is 5.73 Å². The Morgan fingerprint density at radius 1 is 0.645 bits per heavy atom. The van der Waals surface area contributed by atoms with Crippen molar-refractivity contribution in [3.8, 4) is 0 Å². The van der Waals surface area contributed by atoms with Crippen molar-refractivity contribution >= 4 is 58.8 Å². The quantitative estimate of drug-likeness (QED) is 0.231. The number of nitrogen functional groups attached to an aromatic ring is 1. The van der Waals surface area contributed by atoms with Crippen LogP contribution in [0.5, 0.6) is 0 Å². The number of hydrogen-bond acceptors (Lipinski definition) is 7. The highest BCUT2D eigenvalue weighted by molar-refractivity contribution is 7.86. The summed E-state index contributed by atoms with van der Waals surface area (Å²) in [5, 5.41) is 9.99. The third-order valence-corrected chi connectivity index (χ3v) is 6.46.